The molecule has 6 rings (SSSR count). The largest absolute Gasteiger partial charge is 0.365 e. The second-order valence-corrected chi connectivity index (χ2v) is 8.17. The van der Waals surface area contributed by atoms with Crippen molar-refractivity contribution in [2.24, 2.45) is 11.8 Å². The normalized spacial score (nSPS) is 26.8. The van der Waals surface area contributed by atoms with E-state index in [0.717, 1.165) is 6.42 Å². The van der Waals surface area contributed by atoms with Gasteiger partial charge in [-0.05, 0) is 63.3 Å². The molecule has 0 amide bonds. The quantitative estimate of drug-likeness (QED) is 0.826. The summed E-state index contributed by atoms with van der Waals surface area (Å²) in [4.78, 5) is 0. The van der Waals surface area contributed by atoms with Gasteiger partial charge in [0, 0.05) is 23.7 Å². The molecule has 3 atom stereocenters. The standard InChI is InChI=1S/C27H23N/c1-2-11-27(28-16-5-1)26-17-25(26)21-10-6-9-20-23-13-12-18-7-3-4-8-19(18)22(23)14-15-24(20)21/h1-11,13-16,18,25-26,28H,12,17H2. The Labute approximate surface area is 165 Å². The van der Waals surface area contributed by atoms with Crippen molar-refractivity contribution >= 4 is 22.4 Å². The van der Waals surface area contributed by atoms with Crippen molar-refractivity contribution in [1.29, 1.82) is 0 Å². The molecule has 3 unspecified atom stereocenters. The van der Waals surface area contributed by atoms with Crippen LogP contribution in [0, 0.1) is 11.8 Å². The Bertz CT molecular complexity index is 1250. The van der Waals surface area contributed by atoms with Crippen LogP contribution < -0.4 is 15.8 Å². The molecule has 28 heavy (non-hydrogen) atoms. The fourth-order valence-corrected chi connectivity index (χ4v) is 5.11. The van der Waals surface area contributed by atoms with Gasteiger partial charge in [-0.2, -0.15) is 0 Å². The van der Waals surface area contributed by atoms with Gasteiger partial charge in [0.15, 0.2) is 0 Å². The number of nitrogens with one attached hydrogen (secondary N) is 1. The Balaban J connectivity index is 1.47. The highest BCUT2D eigenvalue weighted by atomic mass is 14.9. The van der Waals surface area contributed by atoms with Crippen molar-refractivity contribution in [3.63, 3.8) is 0 Å². The van der Waals surface area contributed by atoms with Gasteiger partial charge in [-0.1, -0.05) is 72.9 Å². The van der Waals surface area contributed by atoms with Gasteiger partial charge in [-0.25, -0.2) is 0 Å². The number of allylic oxidation sites excluding steroid dienone is 9. The third-order valence-electron chi connectivity index (χ3n) is 6.59. The molecule has 0 spiro atoms. The third kappa shape index (κ3) is 2.46. The van der Waals surface area contributed by atoms with Crippen molar-refractivity contribution in [3.05, 3.63) is 107 Å². The van der Waals surface area contributed by atoms with E-state index in [9.17, 15) is 0 Å². The van der Waals surface area contributed by atoms with E-state index in [4.69, 9.17) is 0 Å². The molecule has 1 nitrogen and oxygen atoms in total. The molecule has 1 fully saturated rings. The Morgan fingerprint density at radius 3 is 2.86 bits per heavy atom. The molecule has 2 aromatic carbocycles. The summed E-state index contributed by atoms with van der Waals surface area (Å²) in [6.07, 6.45) is 24.3. The maximum atomic E-state index is 3.47. The summed E-state index contributed by atoms with van der Waals surface area (Å²) in [7, 11) is 0. The van der Waals surface area contributed by atoms with Crippen LogP contribution in [0.25, 0.3) is 22.4 Å². The first-order valence-electron chi connectivity index (χ1n) is 10.3. The van der Waals surface area contributed by atoms with E-state index >= 15 is 0 Å². The minimum absolute atomic E-state index is 0.542. The maximum Gasteiger partial charge on any atom is 0.0184 e. The highest BCUT2D eigenvalue weighted by Gasteiger charge is 2.41. The van der Waals surface area contributed by atoms with Crippen LogP contribution in [0.2, 0.25) is 0 Å². The SMILES string of the molecule is C1=CC=C(C2CC2c2cccc3c4c(ccc23)=C2C=CC=CC2CC=4)NC=C1. The highest BCUT2D eigenvalue weighted by molar-refractivity contribution is 5.89. The average Bonchev–Trinajstić information content (AvgIpc) is 3.56. The van der Waals surface area contributed by atoms with Crippen molar-refractivity contribution < 1.29 is 0 Å². The first kappa shape index (κ1) is 15.9. The second-order valence-electron chi connectivity index (χ2n) is 8.17. The molecule has 0 saturated heterocycles. The molecule has 0 radical (unpaired) electrons. The van der Waals surface area contributed by atoms with Gasteiger partial charge in [0.05, 0.1) is 0 Å². The summed E-state index contributed by atoms with van der Waals surface area (Å²) in [6.45, 7) is 0. The molecule has 0 bridgehead atoms. The highest BCUT2D eigenvalue weighted by Crippen LogP contribution is 2.52. The number of benzene rings is 2. The lowest BCUT2D eigenvalue weighted by Gasteiger charge is -2.20. The predicted molar refractivity (Wildman–Crippen MR) is 118 cm³/mol. The second kappa shape index (κ2) is 6.24. The molecule has 0 aromatic heterocycles. The molecular weight excluding hydrogens is 338 g/mol. The summed E-state index contributed by atoms with van der Waals surface area (Å²) >= 11 is 0. The summed E-state index contributed by atoms with van der Waals surface area (Å²) in [5.74, 6) is 1.75. The molecule has 1 N–H and O–H groups in total. The van der Waals surface area contributed by atoms with Gasteiger partial charge in [0.1, 0.15) is 0 Å². The van der Waals surface area contributed by atoms with Crippen molar-refractivity contribution in [3.8, 4) is 0 Å². The summed E-state index contributed by atoms with van der Waals surface area (Å²) in [6, 6.07) is 11.6. The molecular formula is C27H23N. The Hall–Kier alpha value is -3.06. The molecule has 1 aliphatic heterocycles. The summed E-state index contributed by atoms with van der Waals surface area (Å²) in [5, 5.41) is 9.16. The van der Waals surface area contributed by atoms with E-state index < -0.39 is 0 Å². The molecule has 4 aliphatic rings. The van der Waals surface area contributed by atoms with Crippen LogP contribution in [0.1, 0.15) is 24.3 Å². The van der Waals surface area contributed by atoms with Crippen LogP contribution in [-0.2, 0) is 0 Å². The molecule has 1 saturated carbocycles. The molecule has 2 aromatic rings. The van der Waals surface area contributed by atoms with Crippen LogP contribution in [0.3, 0.4) is 0 Å². The lowest BCUT2D eigenvalue weighted by Crippen LogP contribution is -2.33. The van der Waals surface area contributed by atoms with Crippen molar-refractivity contribution in [2.45, 2.75) is 18.8 Å². The van der Waals surface area contributed by atoms with Gasteiger partial charge >= 0.3 is 0 Å². The first-order valence-corrected chi connectivity index (χ1v) is 10.3. The number of fused-ring (bicyclic) bond motifs is 4. The first-order chi connectivity index (χ1) is 13.9. The van der Waals surface area contributed by atoms with Gasteiger partial charge in [-0.15, -0.1) is 0 Å². The Morgan fingerprint density at radius 1 is 0.857 bits per heavy atom. The zero-order valence-electron chi connectivity index (χ0n) is 15.8. The van der Waals surface area contributed by atoms with Crippen LogP contribution in [-0.4, -0.2) is 0 Å². The van der Waals surface area contributed by atoms with Crippen molar-refractivity contribution in [1.82, 2.24) is 5.32 Å². The number of rotatable bonds is 2. The smallest absolute Gasteiger partial charge is 0.0184 e. The van der Waals surface area contributed by atoms with E-state index in [-0.39, 0.29) is 0 Å². The van der Waals surface area contributed by atoms with Crippen LogP contribution in [0.5, 0.6) is 0 Å². The van der Waals surface area contributed by atoms with Crippen molar-refractivity contribution in [2.75, 3.05) is 0 Å². The van der Waals surface area contributed by atoms with E-state index in [2.05, 4.69) is 90.3 Å². The fourth-order valence-electron chi connectivity index (χ4n) is 5.11. The van der Waals surface area contributed by atoms with Crippen LogP contribution in [0.4, 0.5) is 0 Å². The monoisotopic (exact) mass is 361 g/mol. The maximum absolute atomic E-state index is 3.47. The molecule has 136 valence electrons. The third-order valence-corrected chi connectivity index (χ3v) is 6.59. The lowest BCUT2D eigenvalue weighted by atomic mass is 9.84. The zero-order chi connectivity index (χ0) is 18.5. The Kier molecular flexibility index (Phi) is 3.55. The zero-order valence-corrected chi connectivity index (χ0v) is 15.8. The lowest BCUT2D eigenvalue weighted by molar-refractivity contribution is 0.852. The van der Waals surface area contributed by atoms with E-state index in [0.29, 0.717) is 17.8 Å². The minimum Gasteiger partial charge on any atom is -0.365 e. The minimum atomic E-state index is 0.542. The molecule has 1 heterocycles. The van der Waals surface area contributed by atoms with Gasteiger partial charge in [0.2, 0.25) is 0 Å². The van der Waals surface area contributed by atoms with E-state index in [1.54, 1.807) is 0 Å². The van der Waals surface area contributed by atoms with Gasteiger partial charge < -0.3 is 5.32 Å². The summed E-state index contributed by atoms with van der Waals surface area (Å²) < 4.78 is 0. The fraction of sp³-hybridized carbons (Fsp3) is 0.185. The predicted octanol–water partition coefficient (Wildman–Crippen LogP) is 4.58. The Morgan fingerprint density at radius 2 is 1.86 bits per heavy atom. The number of hydrogen-bond donors (Lipinski definition) is 1. The van der Waals surface area contributed by atoms with E-state index in [1.165, 1.54) is 44.5 Å². The van der Waals surface area contributed by atoms with E-state index in [1.807, 2.05) is 6.20 Å². The molecule has 3 aliphatic carbocycles. The van der Waals surface area contributed by atoms with Crippen LogP contribution >= 0.6 is 0 Å². The number of hydrogen-bond acceptors (Lipinski definition) is 1. The van der Waals surface area contributed by atoms with Gasteiger partial charge in [-0.3, -0.25) is 0 Å². The van der Waals surface area contributed by atoms with Gasteiger partial charge in [0.25, 0.3) is 0 Å². The van der Waals surface area contributed by atoms with Crippen LogP contribution in [0.15, 0.2) is 90.8 Å². The summed E-state index contributed by atoms with van der Waals surface area (Å²) in [5.41, 5.74) is 4.32. The topological polar surface area (TPSA) is 12.0 Å². The average molecular weight is 361 g/mol. The molecule has 1 heteroatoms.